The summed E-state index contributed by atoms with van der Waals surface area (Å²) in [5, 5.41) is 2.76. The quantitative estimate of drug-likeness (QED) is 0.730. The second kappa shape index (κ2) is 5.53. The van der Waals surface area contributed by atoms with Crippen molar-refractivity contribution in [2.45, 2.75) is 43.9 Å². The van der Waals surface area contributed by atoms with Gasteiger partial charge in [0.1, 0.15) is 0 Å². The molecule has 0 spiro atoms. The van der Waals surface area contributed by atoms with E-state index in [0.29, 0.717) is 12.2 Å². The minimum Gasteiger partial charge on any atom is -0.303 e. The topological polar surface area (TPSA) is 46.2 Å². The second-order valence-electron chi connectivity index (χ2n) is 4.00. The van der Waals surface area contributed by atoms with Crippen LogP contribution in [-0.2, 0) is 9.84 Å². The number of nitrogens with one attached hydrogen (secondary N) is 1. The standard InChI is InChI=1S/C11H19NO2S/c1-3-8-12-10(4-2)11-7-5-6-9-15(11,13)14/h2,10-12H,3,5-9H2,1H3. The lowest BCUT2D eigenvalue weighted by Gasteiger charge is -2.27. The van der Waals surface area contributed by atoms with E-state index < -0.39 is 9.84 Å². The van der Waals surface area contributed by atoms with Crippen molar-refractivity contribution in [2.24, 2.45) is 0 Å². The zero-order valence-corrected chi connectivity index (χ0v) is 10.0. The molecule has 1 aliphatic heterocycles. The maximum Gasteiger partial charge on any atom is 0.155 e. The van der Waals surface area contributed by atoms with Crippen LogP contribution in [0.2, 0.25) is 0 Å². The van der Waals surface area contributed by atoms with Crippen molar-refractivity contribution < 1.29 is 8.42 Å². The molecule has 0 aromatic rings. The summed E-state index contributed by atoms with van der Waals surface area (Å²) in [6.07, 6.45) is 8.80. The zero-order chi connectivity index (χ0) is 11.3. The summed E-state index contributed by atoms with van der Waals surface area (Å²) < 4.78 is 23.6. The molecule has 0 aromatic heterocycles. The van der Waals surface area contributed by atoms with Crippen LogP contribution >= 0.6 is 0 Å². The van der Waals surface area contributed by atoms with Gasteiger partial charge in [-0.3, -0.25) is 0 Å². The van der Waals surface area contributed by atoms with Gasteiger partial charge in [-0.25, -0.2) is 8.42 Å². The summed E-state index contributed by atoms with van der Waals surface area (Å²) in [6.45, 7) is 2.82. The van der Waals surface area contributed by atoms with Gasteiger partial charge in [-0.15, -0.1) is 6.42 Å². The minimum atomic E-state index is -2.97. The van der Waals surface area contributed by atoms with Gasteiger partial charge >= 0.3 is 0 Å². The van der Waals surface area contributed by atoms with Gasteiger partial charge in [0.2, 0.25) is 0 Å². The highest BCUT2D eigenvalue weighted by Gasteiger charge is 2.34. The first-order chi connectivity index (χ1) is 7.11. The molecule has 2 unspecified atom stereocenters. The zero-order valence-electron chi connectivity index (χ0n) is 9.20. The molecule has 1 rings (SSSR count). The van der Waals surface area contributed by atoms with E-state index in [4.69, 9.17) is 6.42 Å². The van der Waals surface area contributed by atoms with E-state index in [-0.39, 0.29) is 11.3 Å². The van der Waals surface area contributed by atoms with Gasteiger partial charge in [-0.1, -0.05) is 19.3 Å². The summed E-state index contributed by atoms with van der Waals surface area (Å²) in [5.74, 6) is 2.87. The minimum absolute atomic E-state index is 0.295. The first kappa shape index (κ1) is 12.5. The summed E-state index contributed by atoms with van der Waals surface area (Å²) in [4.78, 5) is 0. The highest BCUT2D eigenvalue weighted by Crippen LogP contribution is 2.22. The highest BCUT2D eigenvalue weighted by molar-refractivity contribution is 7.92. The summed E-state index contributed by atoms with van der Waals surface area (Å²) >= 11 is 0. The molecule has 1 N–H and O–H groups in total. The smallest absolute Gasteiger partial charge is 0.155 e. The molecule has 15 heavy (non-hydrogen) atoms. The predicted molar refractivity (Wildman–Crippen MR) is 62.3 cm³/mol. The Kier molecular flexibility index (Phi) is 4.62. The molecule has 3 nitrogen and oxygen atoms in total. The fraction of sp³-hybridized carbons (Fsp3) is 0.818. The van der Waals surface area contributed by atoms with Gasteiger partial charge in [-0.05, 0) is 25.8 Å². The molecular weight excluding hydrogens is 210 g/mol. The van der Waals surface area contributed by atoms with Gasteiger partial charge in [0.15, 0.2) is 9.84 Å². The molecule has 1 heterocycles. The van der Waals surface area contributed by atoms with Gasteiger partial charge in [0.25, 0.3) is 0 Å². The molecule has 0 aliphatic carbocycles. The molecule has 1 saturated heterocycles. The fourth-order valence-electron chi connectivity index (χ4n) is 1.95. The predicted octanol–water partition coefficient (Wildman–Crippen LogP) is 0.955. The number of rotatable bonds is 4. The maximum absolute atomic E-state index is 11.8. The first-order valence-electron chi connectivity index (χ1n) is 5.53. The summed E-state index contributed by atoms with van der Waals surface area (Å²) in [6, 6.07) is -0.310. The van der Waals surface area contributed by atoms with Crippen molar-refractivity contribution in [3.63, 3.8) is 0 Å². The van der Waals surface area contributed by atoms with Crippen molar-refractivity contribution in [3.8, 4) is 12.3 Å². The lowest BCUT2D eigenvalue weighted by molar-refractivity contribution is 0.487. The second-order valence-corrected chi connectivity index (χ2v) is 6.34. The van der Waals surface area contributed by atoms with Crippen LogP contribution in [0.3, 0.4) is 0 Å². The van der Waals surface area contributed by atoms with E-state index in [2.05, 4.69) is 11.2 Å². The van der Waals surface area contributed by atoms with E-state index in [1.807, 2.05) is 6.92 Å². The van der Waals surface area contributed by atoms with Gasteiger partial charge in [-0.2, -0.15) is 0 Å². The molecule has 0 amide bonds. The molecular formula is C11H19NO2S. The largest absolute Gasteiger partial charge is 0.303 e. The van der Waals surface area contributed by atoms with Crippen LogP contribution in [-0.4, -0.2) is 32.0 Å². The lowest BCUT2D eigenvalue weighted by atomic mass is 10.1. The van der Waals surface area contributed by atoms with E-state index >= 15 is 0 Å². The Morgan fingerprint density at radius 1 is 1.53 bits per heavy atom. The Bertz CT molecular complexity index is 329. The van der Waals surface area contributed by atoms with E-state index in [1.54, 1.807) is 0 Å². The van der Waals surface area contributed by atoms with Crippen LogP contribution in [0.5, 0.6) is 0 Å². The Morgan fingerprint density at radius 2 is 2.27 bits per heavy atom. The van der Waals surface area contributed by atoms with Crippen molar-refractivity contribution in [2.75, 3.05) is 12.3 Å². The molecule has 2 atom stereocenters. The molecule has 86 valence electrons. The average molecular weight is 229 g/mol. The van der Waals surface area contributed by atoms with Crippen molar-refractivity contribution in [3.05, 3.63) is 0 Å². The van der Waals surface area contributed by atoms with Crippen molar-refractivity contribution in [1.82, 2.24) is 5.32 Å². The number of terminal acetylenes is 1. The third kappa shape index (κ3) is 3.22. The summed E-state index contributed by atoms with van der Waals surface area (Å²) in [7, 11) is -2.97. The SMILES string of the molecule is C#CC(NCCC)C1CCCCS1(=O)=O. The summed E-state index contributed by atoms with van der Waals surface area (Å²) in [5.41, 5.74) is 0. The molecule has 0 radical (unpaired) electrons. The van der Waals surface area contributed by atoms with Crippen LogP contribution in [0.1, 0.15) is 32.6 Å². The van der Waals surface area contributed by atoms with Crippen LogP contribution in [0, 0.1) is 12.3 Å². The molecule has 0 saturated carbocycles. The fourth-order valence-corrected chi connectivity index (χ4v) is 3.98. The van der Waals surface area contributed by atoms with E-state index in [1.165, 1.54) is 0 Å². The Balaban J connectivity index is 2.70. The molecule has 0 aromatic carbocycles. The molecule has 1 aliphatic rings. The Hall–Kier alpha value is -0.530. The molecule has 4 heteroatoms. The number of hydrogen-bond acceptors (Lipinski definition) is 3. The van der Waals surface area contributed by atoms with Crippen LogP contribution < -0.4 is 5.32 Å². The van der Waals surface area contributed by atoms with Crippen LogP contribution in [0.15, 0.2) is 0 Å². The van der Waals surface area contributed by atoms with Gasteiger partial charge < -0.3 is 5.32 Å². The lowest BCUT2D eigenvalue weighted by Crippen LogP contribution is -2.46. The third-order valence-corrected chi connectivity index (χ3v) is 5.08. The molecule has 0 bridgehead atoms. The normalized spacial score (nSPS) is 26.8. The Labute approximate surface area is 92.6 Å². The van der Waals surface area contributed by atoms with E-state index in [0.717, 1.165) is 25.8 Å². The maximum atomic E-state index is 11.8. The van der Waals surface area contributed by atoms with Crippen molar-refractivity contribution in [1.29, 1.82) is 0 Å². The Morgan fingerprint density at radius 3 is 2.80 bits per heavy atom. The third-order valence-electron chi connectivity index (χ3n) is 2.79. The van der Waals surface area contributed by atoms with Crippen LogP contribution in [0.25, 0.3) is 0 Å². The first-order valence-corrected chi connectivity index (χ1v) is 7.24. The highest BCUT2D eigenvalue weighted by atomic mass is 32.2. The van der Waals surface area contributed by atoms with Crippen molar-refractivity contribution >= 4 is 9.84 Å². The monoisotopic (exact) mass is 229 g/mol. The van der Waals surface area contributed by atoms with E-state index in [9.17, 15) is 8.42 Å². The number of hydrogen-bond donors (Lipinski definition) is 1. The van der Waals surface area contributed by atoms with Crippen LogP contribution in [0.4, 0.5) is 0 Å². The number of sulfone groups is 1. The van der Waals surface area contributed by atoms with Gasteiger partial charge in [0, 0.05) is 0 Å². The average Bonchev–Trinajstić information content (AvgIpc) is 2.20. The van der Waals surface area contributed by atoms with Gasteiger partial charge in [0.05, 0.1) is 17.0 Å². The molecule has 1 fully saturated rings.